The lowest BCUT2D eigenvalue weighted by Crippen LogP contribution is -2.49. The van der Waals surface area contributed by atoms with Gasteiger partial charge in [-0.1, -0.05) is 23.8 Å². The Labute approximate surface area is 257 Å². The number of aliphatic carboxylic acids is 1. The van der Waals surface area contributed by atoms with Crippen molar-refractivity contribution in [1.82, 2.24) is 19.9 Å². The Morgan fingerprint density at radius 1 is 1.11 bits per heavy atom. The number of aryl methyl sites for hydroxylation is 3. The predicted molar refractivity (Wildman–Crippen MR) is 161 cm³/mol. The van der Waals surface area contributed by atoms with E-state index in [1.165, 1.54) is 7.11 Å². The van der Waals surface area contributed by atoms with E-state index in [-0.39, 0.29) is 36.6 Å². The summed E-state index contributed by atoms with van der Waals surface area (Å²) in [5, 5.41) is 15.3. The fourth-order valence-corrected chi connectivity index (χ4v) is 6.69. The SMILES string of the molecule is COCCOCC(=O)N1CC(OCC(=O)NCC(NS(=O)(=O)c2c(C)cc(C)cc2C)C(=O)O)CC1CNc1ccccn1. The van der Waals surface area contributed by atoms with Crippen LogP contribution in [0.1, 0.15) is 23.1 Å². The van der Waals surface area contributed by atoms with Crippen molar-refractivity contribution in [3.63, 3.8) is 0 Å². The molecule has 2 heterocycles. The lowest BCUT2D eigenvalue weighted by molar-refractivity contribution is -0.139. The number of sulfonamides is 1. The number of amides is 2. The quantitative estimate of drug-likeness (QED) is 0.179. The van der Waals surface area contributed by atoms with Crippen LogP contribution in [0.5, 0.6) is 0 Å². The Balaban J connectivity index is 1.55. The molecular weight excluding hydrogens is 594 g/mol. The molecule has 1 aromatic carbocycles. The van der Waals surface area contributed by atoms with E-state index in [2.05, 4.69) is 20.3 Å². The van der Waals surface area contributed by atoms with Gasteiger partial charge in [0.2, 0.25) is 21.8 Å². The molecule has 1 fully saturated rings. The summed E-state index contributed by atoms with van der Waals surface area (Å²) >= 11 is 0. The number of methoxy groups -OCH3 is 1. The number of hydrogen-bond donors (Lipinski definition) is 4. The second kappa shape index (κ2) is 16.4. The predicted octanol–water partition coefficient (Wildman–Crippen LogP) is 0.616. The molecule has 2 aromatic rings. The summed E-state index contributed by atoms with van der Waals surface area (Å²) in [6, 6.07) is 6.96. The largest absolute Gasteiger partial charge is 0.480 e. The molecule has 1 aliphatic rings. The van der Waals surface area contributed by atoms with Crippen molar-refractivity contribution in [2.75, 3.05) is 58.5 Å². The Morgan fingerprint density at radius 3 is 2.48 bits per heavy atom. The molecule has 1 aliphatic heterocycles. The first-order valence-electron chi connectivity index (χ1n) is 14.1. The van der Waals surface area contributed by atoms with Gasteiger partial charge in [-0.05, 0) is 50.5 Å². The Kier molecular flexibility index (Phi) is 13.0. The molecule has 0 saturated carbocycles. The second-order valence-corrected chi connectivity index (χ2v) is 12.2. The first kappa shape index (κ1) is 34.9. The van der Waals surface area contributed by atoms with E-state index in [1.54, 1.807) is 49.2 Å². The van der Waals surface area contributed by atoms with Gasteiger partial charge in [-0.25, -0.2) is 13.4 Å². The van der Waals surface area contributed by atoms with Gasteiger partial charge in [0.25, 0.3) is 0 Å². The van der Waals surface area contributed by atoms with Crippen LogP contribution < -0.4 is 15.4 Å². The molecule has 0 spiro atoms. The summed E-state index contributed by atoms with van der Waals surface area (Å²) in [6.07, 6.45) is 1.61. The van der Waals surface area contributed by atoms with E-state index in [9.17, 15) is 27.9 Å². The van der Waals surface area contributed by atoms with Crippen molar-refractivity contribution >= 4 is 33.6 Å². The maximum absolute atomic E-state index is 13.0. The maximum Gasteiger partial charge on any atom is 0.323 e. The lowest BCUT2D eigenvalue weighted by Gasteiger charge is -2.24. The molecule has 3 rings (SSSR count). The van der Waals surface area contributed by atoms with Crippen LogP contribution in [0.25, 0.3) is 0 Å². The van der Waals surface area contributed by atoms with E-state index in [1.807, 2.05) is 13.0 Å². The van der Waals surface area contributed by atoms with Gasteiger partial charge in [-0.3, -0.25) is 14.4 Å². The van der Waals surface area contributed by atoms with Crippen LogP contribution in [-0.2, 0) is 38.6 Å². The van der Waals surface area contributed by atoms with Crippen LogP contribution >= 0.6 is 0 Å². The highest BCUT2D eigenvalue weighted by Gasteiger charge is 2.36. The van der Waals surface area contributed by atoms with Crippen molar-refractivity contribution in [1.29, 1.82) is 0 Å². The highest BCUT2D eigenvalue weighted by atomic mass is 32.2. The summed E-state index contributed by atoms with van der Waals surface area (Å²) in [4.78, 5) is 43.2. The number of rotatable bonds is 17. The number of hydrogen-bond acceptors (Lipinski definition) is 10. The molecule has 4 N–H and O–H groups in total. The monoisotopic (exact) mass is 635 g/mol. The number of ether oxygens (including phenoxy) is 3. The van der Waals surface area contributed by atoms with Gasteiger partial charge in [-0.15, -0.1) is 0 Å². The van der Waals surface area contributed by atoms with Gasteiger partial charge in [-0.2, -0.15) is 4.72 Å². The number of aromatic nitrogens is 1. The Hall–Kier alpha value is -3.63. The summed E-state index contributed by atoms with van der Waals surface area (Å²) in [6.45, 7) is 5.31. The van der Waals surface area contributed by atoms with Crippen molar-refractivity contribution < 1.29 is 42.1 Å². The van der Waals surface area contributed by atoms with Gasteiger partial charge >= 0.3 is 5.97 Å². The molecule has 44 heavy (non-hydrogen) atoms. The molecule has 0 radical (unpaired) electrons. The number of nitrogens with one attached hydrogen (secondary N) is 3. The standard InChI is InChI=1S/C29H41N5O9S/c1-19-11-20(2)28(21(3)12-19)44(39,40)33-24(29(37)38)15-32-26(35)17-43-23-13-22(14-31-25-7-5-6-8-30-25)34(16-23)27(36)18-42-10-9-41-4/h5-8,11-12,22-24,33H,9-10,13-18H2,1-4H3,(H,30,31)(H,32,35)(H,37,38). The van der Waals surface area contributed by atoms with Crippen molar-refractivity contribution in [3.8, 4) is 0 Å². The van der Waals surface area contributed by atoms with E-state index in [0.717, 1.165) is 5.56 Å². The zero-order valence-electron chi connectivity index (χ0n) is 25.4. The molecule has 3 unspecified atom stereocenters. The van der Waals surface area contributed by atoms with E-state index < -0.39 is 47.2 Å². The number of carboxylic acids is 1. The zero-order valence-corrected chi connectivity index (χ0v) is 26.2. The zero-order chi connectivity index (χ0) is 32.3. The second-order valence-electron chi connectivity index (χ2n) is 10.6. The molecule has 0 aliphatic carbocycles. The number of carboxylic acid groups (broad SMARTS) is 1. The molecule has 3 atom stereocenters. The summed E-state index contributed by atoms with van der Waals surface area (Å²) in [5.74, 6) is -1.66. The highest BCUT2D eigenvalue weighted by molar-refractivity contribution is 7.89. The van der Waals surface area contributed by atoms with Gasteiger partial charge < -0.3 is 34.9 Å². The number of benzene rings is 1. The minimum atomic E-state index is -4.19. The Morgan fingerprint density at radius 2 is 1.84 bits per heavy atom. The molecule has 1 saturated heterocycles. The topological polar surface area (TPSA) is 185 Å². The highest BCUT2D eigenvalue weighted by Crippen LogP contribution is 2.23. The van der Waals surface area contributed by atoms with Gasteiger partial charge in [0, 0.05) is 32.9 Å². The minimum absolute atomic E-state index is 0.000492. The third kappa shape index (κ3) is 10.2. The Bertz CT molecular complexity index is 1370. The minimum Gasteiger partial charge on any atom is -0.480 e. The van der Waals surface area contributed by atoms with E-state index in [4.69, 9.17) is 14.2 Å². The average molecular weight is 636 g/mol. The van der Waals surface area contributed by atoms with Crippen LogP contribution in [0.3, 0.4) is 0 Å². The summed E-state index contributed by atoms with van der Waals surface area (Å²) in [7, 11) is -2.65. The van der Waals surface area contributed by atoms with Gasteiger partial charge in [0.05, 0.1) is 30.3 Å². The summed E-state index contributed by atoms with van der Waals surface area (Å²) in [5.41, 5.74) is 1.84. The van der Waals surface area contributed by atoms with Crippen molar-refractivity contribution in [2.24, 2.45) is 0 Å². The fourth-order valence-electron chi connectivity index (χ4n) is 5.04. The first-order chi connectivity index (χ1) is 20.9. The third-order valence-corrected chi connectivity index (χ3v) is 8.74. The van der Waals surface area contributed by atoms with Crippen LogP contribution in [0.15, 0.2) is 41.4 Å². The molecule has 1 aromatic heterocycles. The van der Waals surface area contributed by atoms with Crippen LogP contribution in [0.2, 0.25) is 0 Å². The van der Waals surface area contributed by atoms with E-state index in [0.29, 0.717) is 36.5 Å². The number of carbonyl (C=O) groups excluding carboxylic acids is 2. The molecule has 14 nitrogen and oxygen atoms in total. The maximum atomic E-state index is 13.0. The van der Waals surface area contributed by atoms with Crippen molar-refractivity contribution in [3.05, 3.63) is 53.2 Å². The number of carbonyl (C=O) groups is 3. The fraction of sp³-hybridized carbons (Fsp3) is 0.517. The van der Waals surface area contributed by atoms with Crippen LogP contribution in [0, 0.1) is 20.8 Å². The lowest BCUT2D eigenvalue weighted by atomic mass is 10.1. The summed E-state index contributed by atoms with van der Waals surface area (Å²) < 4.78 is 44.4. The molecular formula is C29H41N5O9S. The molecule has 0 bridgehead atoms. The van der Waals surface area contributed by atoms with E-state index >= 15 is 0 Å². The number of nitrogens with zero attached hydrogens (tertiary/aromatic N) is 2. The molecule has 2 amide bonds. The third-order valence-electron chi connectivity index (χ3n) is 6.96. The molecule has 15 heteroatoms. The average Bonchev–Trinajstić information content (AvgIpc) is 3.38. The number of anilines is 1. The van der Waals surface area contributed by atoms with Gasteiger partial charge in [0.15, 0.2) is 0 Å². The smallest absolute Gasteiger partial charge is 0.323 e. The molecule has 242 valence electrons. The van der Waals surface area contributed by atoms with Gasteiger partial charge in [0.1, 0.15) is 25.1 Å². The van der Waals surface area contributed by atoms with Crippen molar-refractivity contribution in [2.45, 2.75) is 50.3 Å². The number of likely N-dealkylation sites (tertiary alicyclic amines) is 1. The van der Waals surface area contributed by atoms with Crippen LogP contribution in [-0.4, -0.2) is 113 Å². The number of pyridine rings is 1. The first-order valence-corrected chi connectivity index (χ1v) is 15.6. The normalized spacial score (nSPS) is 17.3. The van der Waals surface area contributed by atoms with Crippen LogP contribution in [0.4, 0.5) is 5.82 Å².